The van der Waals surface area contributed by atoms with Gasteiger partial charge in [0.2, 0.25) is 0 Å². The van der Waals surface area contributed by atoms with Gasteiger partial charge in [-0.15, -0.1) is 0 Å². The Labute approximate surface area is 186 Å². The summed E-state index contributed by atoms with van der Waals surface area (Å²) >= 11 is 0. The average molecular weight is 423 g/mol. The average Bonchev–Trinajstić information content (AvgIpc) is 2.72. The van der Waals surface area contributed by atoms with E-state index in [9.17, 15) is 9.90 Å². The highest BCUT2D eigenvalue weighted by molar-refractivity contribution is 5.98. The molecule has 2 heterocycles. The highest BCUT2D eigenvalue weighted by Gasteiger charge is 2.53. The van der Waals surface area contributed by atoms with E-state index in [-0.39, 0.29) is 16.9 Å². The molecular weight excluding hydrogens is 384 g/mol. The van der Waals surface area contributed by atoms with Gasteiger partial charge in [0.25, 0.3) is 0 Å². The lowest BCUT2D eigenvalue weighted by atomic mass is 9.71. The maximum Gasteiger partial charge on any atom is 0.174 e. The Bertz CT molecular complexity index is 893. The molecule has 3 atom stereocenters. The predicted molar refractivity (Wildman–Crippen MR) is 123 cm³/mol. The Hall–Kier alpha value is -2.01. The molecule has 2 aromatic carbocycles. The third-order valence-corrected chi connectivity index (χ3v) is 7.42. The van der Waals surface area contributed by atoms with E-state index < -0.39 is 11.5 Å². The van der Waals surface area contributed by atoms with Crippen molar-refractivity contribution < 1.29 is 20.1 Å². The lowest BCUT2D eigenvalue weighted by Gasteiger charge is -2.49. The third-order valence-electron chi connectivity index (χ3n) is 7.42. The zero-order chi connectivity index (χ0) is 22.3. The molecule has 2 aliphatic rings. The van der Waals surface area contributed by atoms with Crippen molar-refractivity contribution in [2.24, 2.45) is 5.92 Å². The molecule has 2 fully saturated rings. The maximum absolute atomic E-state index is 13.7. The minimum atomic E-state index is -1.12. The number of hydrogen-bond acceptors (Lipinski definition) is 2. The molecule has 0 amide bonds. The molecular formula is C27H38N2O2+2. The van der Waals surface area contributed by atoms with Crippen molar-refractivity contribution >= 4 is 5.78 Å². The third kappa shape index (κ3) is 4.62. The molecule has 0 aromatic heterocycles. The first-order valence-corrected chi connectivity index (χ1v) is 11.7. The number of nitrogens with two attached hydrogens (primary N) is 1. The van der Waals surface area contributed by atoms with E-state index in [0.717, 1.165) is 24.9 Å². The highest BCUT2D eigenvalue weighted by Crippen LogP contribution is 2.36. The van der Waals surface area contributed by atoms with Gasteiger partial charge in [0.1, 0.15) is 11.5 Å². The number of Topliss-reactive ketones (excluding diaryl/α,β-unsaturated/α-hetero) is 1. The van der Waals surface area contributed by atoms with Gasteiger partial charge in [-0.2, -0.15) is 0 Å². The number of ketones is 1. The number of carbonyl (C=O) groups excluding carboxylic acids is 1. The van der Waals surface area contributed by atoms with Crippen LogP contribution in [0.4, 0.5) is 0 Å². The molecule has 31 heavy (non-hydrogen) atoms. The van der Waals surface area contributed by atoms with Crippen LogP contribution in [0, 0.1) is 5.92 Å². The van der Waals surface area contributed by atoms with E-state index in [0.29, 0.717) is 24.6 Å². The number of benzene rings is 2. The lowest BCUT2D eigenvalue weighted by molar-refractivity contribution is -0.950. The Morgan fingerprint density at radius 3 is 2.06 bits per heavy atom. The first-order chi connectivity index (χ1) is 14.6. The Kier molecular flexibility index (Phi) is 5.84. The minimum absolute atomic E-state index is 0.0602. The van der Waals surface area contributed by atoms with Gasteiger partial charge in [-0.05, 0) is 33.3 Å². The standard InChI is InChI=1S/C27H36N2O2/c1-25(2)17-22(18-26(3,4)28-25)29-16-15-27(31,21-13-9-6-10-14-21)23(19-29)24(30)20-11-7-5-8-12-20/h5-14,22-23,28,31H,15-19H2,1-4H3/p+2/t23-,27+/m0/s1. The van der Waals surface area contributed by atoms with E-state index in [1.165, 1.54) is 4.90 Å². The summed E-state index contributed by atoms with van der Waals surface area (Å²) in [6.07, 6.45) is 2.86. The van der Waals surface area contributed by atoms with Crippen molar-refractivity contribution in [3.63, 3.8) is 0 Å². The van der Waals surface area contributed by atoms with Crippen molar-refractivity contribution in [2.45, 2.75) is 69.7 Å². The summed E-state index contributed by atoms with van der Waals surface area (Å²) in [5.41, 5.74) is 0.808. The fraction of sp³-hybridized carbons (Fsp3) is 0.519. The summed E-state index contributed by atoms with van der Waals surface area (Å²) in [4.78, 5) is 15.2. The minimum Gasteiger partial charge on any atom is -0.384 e. The topological polar surface area (TPSA) is 58.4 Å². The van der Waals surface area contributed by atoms with Crippen LogP contribution >= 0.6 is 0 Å². The van der Waals surface area contributed by atoms with Crippen LogP contribution in [0.2, 0.25) is 0 Å². The van der Waals surface area contributed by atoms with E-state index in [1.807, 2.05) is 60.7 Å². The number of likely N-dealkylation sites (tertiary alicyclic amines) is 1. The second-order valence-electron chi connectivity index (χ2n) is 11.2. The first-order valence-electron chi connectivity index (χ1n) is 11.7. The van der Waals surface area contributed by atoms with Crippen molar-refractivity contribution in [3.8, 4) is 0 Å². The fourth-order valence-corrected chi connectivity index (χ4v) is 6.42. The van der Waals surface area contributed by atoms with Crippen LogP contribution in [0.1, 0.15) is 62.9 Å². The quantitative estimate of drug-likeness (QED) is 0.660. The fourth-order valence-electron chi connectivity index (χ4n) is 6.42. The number of carbonyl (C=O) groups is 1. The van der Waals surface area contributed by atoms with Crippen LogP contribution in [0.3, 0.4) is 0 Å². The van der Waals surface area contributed by atoms with Crippen molar-refractivity contribution in [3.05, 3.63) is 71.8 Å². The number of rotatable bonds is 4. The van der Waals surface area contributed by atoms with Crippen LogP contribution in [-0.4, -0.2) is 41.1 Å². The van der Waals surface area contributed by atoms with Gasteiger partial charge in [-0.25, -0.2) is 0 Å². The van der Waals surface area contributed by atoms with Crippen molar-refractivity contribution in [2.75, 3.05) is 13.1 Å². The largest absolute Gasteiger partial charge is 0.384 e. The highest BCUT2D eigenvalue weighted by atomic mass is 16.3. The van der Waals surface area contributed by atoms with Crippen LogP contribution in [0.5, 0.6) is 0 Å². The molecule has 166 valence electrons. The van der Waals surface area contributed by atoms with Gasteiger partial charge >= 0.3 is 0 Å². The predicted octanol–water partition coefficient (Wildman–Crippen LogP) is 1.94. The van der Waals surface area contributed by atoms with Crippen LogP contribution in [0.15, 0.2) is 60.7 Å². The second kappa shape index (κ2) is 8.16. The summed E-state index contributed by atoms with van der Waals surface area (Å²) in [5, 5.41) is 14.4. The molecule has 4 N–H and O–H groups in total. The SMILES string of the molecule is CC1(C)CC([NH+]2CC[C@@](O)(c3ccccc3)[C@H](C(=O)c3ccccc3)C2)CC(C)(C)[NH2+]1. The molecule has 0 radical (unpaired) electrons. The summed E-state index contributed by atoms with van der Waals surface area (Å²) in [6.45, 7) is 10.9. The molecule has 2 saturated heterocycles. The summed E-state index contributed by atoms with van der Waals surface area (Å²) < 4.78 is 0. The molecule has 2 aromatic rings. The molecule has 4 rings (SSSR count). The Balaban J connectivity index is 1.66. The molecule has 0 bridgehead atoms. The molecule has 4 nitrogen and oxygen atoms in total. The molecule has 2 aliphatic heterocycles. The van der Waals surface area contributed by atoms with Gasteiger partial charge in [0, 0.05) is 12.0 Å². The van der Waals surface area contributed by atoms with Crippen LogP contribution < -0.4 is 10.2 Å². The van der Waals surface area contributed by atoms with Gasteiger partial charge < -0.3 is 15.3 Å². The van der Waals surface area contributed by atoms with E-state index >= 15 is 0 Å². The first kappa shape index (κ1) is 22.2. The molecule has 0 spiro atoms. The lowest BCUT2D eigenvalue weighted by Crippen LogP contribution is -3.21. The number of nitrogens with one attached hydrogen (secondary N) is 1. The summed E-state index contributed by atoms with van der Waals surface area (Å²) in [6, 6.07) is 19.8. The Morgan fingerprint density at radius 1 is 0.935 bits per heavy atom. The van der Waals surface area contributed by atoms with Crippen molar-refractivity contribution in [1.82, 2.24) is 0 Å². The second-order valence-corrected chi connectivity index (χ2v) is 11.2. The van der Waals surface area contributed by atoms with Gasteiger partial charge in [0.15, 0.2) is 5.78 Å². The van der Waals surface area contributed by atoms with E-state index in [2.05, 4.69) is 33.0 Å². The molecule has 1 unspecified atom stereocenters. The van der Waals surface area contributed by atoms with E-state index in [4.69, 9.17) is 0 Å². The van der Waals surface area contributed by atoms with Crippen LogP contribution in [0.25, 0.3) is 0 Å². The Morgan fingerprint density at radius 2 is 1.48 bits per heavy atom. The molecule has 0 aliphatic carbocycles. The number of hydrogen-bond donors (Lipinski definition) is 3. The smallest absolute Gasteiger partial charge is 0.174 e. The maximum atomic E-state index is 13.7. The zero-order valence-electron chi connectivity index (χ0n) is 19.4. The van der Waals surface area contributed by atoms with Gasteiger partial charge in [-0.1, -0.05) is 60.7 Å². The summed E-state index contributed by atoms with van der Waals surface area (Å²) in [5.74, 6) is -0.386. The van der Waals surface area contributed by atoms with Crippen molar-refractivity contribution in [1.29, 1.82) is 0 Å². The normalized spacial score (nSPS) is 30.6. The zero-order valence-corrected chi connectivity index (χ0v) is 19.4. The molecule has 4 heteroatoms. The van der Waals surface area contributed by atoms with Crippen LogP contribution in [-0.2, 0) is 5.60 Å². The number of quaternary nitrogens is 2. The van der Waals surface area contributed by atoms with Gasteiger partial charge in [0.05, 0.1) is 43.1 Å². The van der Waals surface area contributed by atoms with E-state index in [1.54, 1.807) is 0 Å². The number of aliphatic hydroxyl groups is 1. The van der Waals surface area contributed by atoms with Gasteiger partial charge in [-0.3, -0.25) is 4.79 Å². The monoisotopic (exact) mass is 422 g/mol. The number of piperidine rings is 2. The molecule has 0 saturated carbocycles. The summed E-state index contributed by atoms with van der Waals surface area (Å²) in [7, 11) is 0.